The van der Waals surface area contributed by atoms with Gasteiger partial charge in [-0.1, -0.05) is 90.5 Å². The molecule has 180 valence electrons. The second-order valence-corrected chi connectivity index (χ2v) is 13.4. The van der Waals surface area contributed by atoms with Crippen LogP contribution in [0.1, 0.15) is 119 Å². The van der Waals surface area contributed by atoms with Crippen LogP contribution in [-0.2, 0) is 4.79 Å². The Morgan fingerprint density at radius 2 is 1.75 bits per heavy atom. The molecule has 0 aliphatic heterocycles. The van der Waals surface area contributed by atoms with E-state index in [0.29, 0.717) is 27.6 Å². The first-order valence-electron chi connectivity index (χ1n) is 13.5. The summed E-state index contributed by atoms with van der Waals surface area (Å²) in [6.07, 6.45) is 16.3. The van der Waals surface area contributed by atoms with Gasteiger partial charge in [0.25, 0.3) is 0 Å². The fourth-order valence-corrected chi connectivity index (χ4v) is 9.14. The largest absolute Gasteiger partial charge is 0.481 e. The molecule has 1 unspecified atom stereocenters. The fraction of sp³-hybridized carbons (Fsp3) is 0.833. The third-order valence-electron chi connectivity index (χ3n) is 11.3. The first kappa shape index (κ1) is 24.1. The lowest BCUT2D eigenvalue weighted by molar-refractivity contribution is -0.141. The van der Waals surface area contributed by atoms with Crippen LogP contribution >= 0.6 is 0 Å². The zero-order valence-electron chi connectivity index (χ0n) is 21.9. The SMILES string of the molecule is CC(CCC[C@@H](C)[C@H]1CC[C@@]2(C)C3=C(CC[C@]12C)[C@@]1(C)CCCC(C)(C)C1=CC3)C(=O)O. The Labute approximate surface area is 197 Å². The van der Waals surface area contributed by atoms with E-state index >= 15 is 0 Å². The quantitative estimate of drug-likeness (QED) is 0.420. The predicted molar refractivity (Wildman–Crippen MR) is 133 cm³/mol. The lowest BCUT2D eigenvalue weighted by Gasteiger charge is -2.58. The third-order valence-corrected chi connectivity index (χ3v) is 11.3. The molecule has 4 aliphatic carbocycles. The summed E-state index contributed by atoms with van der Waals surface area (Å²) in [5.74, 6) is 0.596. The van der Waals surface area contributed by atoms with E-state index in [0.717, 1.165) is 18.8 Å². The molecule has 0 aromatic rings. The molecule has 2 fully saturated rings. The Balaban J connectivity index is 1.56. The molecule has 4 rings (SSSR count). The number of hydrogen-bond donors (Lipinski definition) is 1. The Kier molecular flexibility index (Phi) is 6.04. The average Bonchev–Trinajstić information content (AvgIpc) is 2.98. The highest BCUT2D eigenvalue weighted by atomic mass is 16.4. The van der Waals surface area contributed by atoms with Crippen LogP contribution in [0.15, 0.2) is 22.8 Å². The van der Waals surface area contributed by atoms with Crippen molar-refractivity contribution in [2.45, 2.75) is 119 Å². The monoisotopic (exact) mass is 440 g/mol. The van der Waals surface area contributed by atoms with Crippen molar-refractivity contribution in [1.29, 1.82) is 0 Å². The molecule has 32 heavy (non-hydrogen) atoms. The van der Waals surface area contributed by atoms with Gasteiger partial charge in [-0.3, -0.25) is 4.79 Å². The Bertz CT molecular complexity index is 832. The smallest absolute Gasteiger partial charge is 0.306 e. The molecule has 0 spiro atoms. The lowest BCUT2D eigenvalue weighted by atomic mass is 9.46. The maximum absolute atomic E-state index is 11.2. The van der Waals surface area contributed by atoms with E-state index in [4.69, 9.17) is 0 Å². The van der Waals surface area contributed by atoms with Crippen LogP contribution in [0.5, 0.6) is 0 Å². The molecule has 1 N–H and O–H groups in total. The first-order chi connectivity index (χ1) is 14.9. The zero-order chi connectivity index (χ0) is 23.5. The Hall–Kier alpha value is -1.05. The van der Waals surface area contributed by atoms with Gasteiger partial charge in [-0.25, -0.2) is 0 Å². The molecule has 0 amide bonds. The van der Waals surface area contributed by atoms with Crippen molar-refractivity contribution in [3.63, 3.8) is 0 Å². The summed E-state index contributed by atoms with van der Waals surface area (Å²) in [6, 6.07) is 0. The Morgan fingerprint density at radius 1 is 1.03 bits per heavy atom. The van der Waals surface area contributed by atoms with Crippen LogP contribution in [0.3, 0.4) is 0 Å². The van der Waals surface area contributed by atoms with Gasteiger partial charge in [-0.05, 0) is 79.4 Å². The summed E-state index contributed by atoms with van der Waals surface area (Å²) in [5.41, 5.74) is 6.78. The minimum absolute atomic E-state index is 0.210. The second kappa shape index (κ2) is 8.02. The molecule has 0 bridgehead atoms. The zero-order valence-corrected chi connectivity index (χ0v) is 21.9. The third kappa shape index (κ3) is 3.45. The number of hydrogen-bond acceptors (Lipinski definition) is 1. The first-order valence-corrected chi connectivity index (χ1v) is 13.5. The van der Waals surface area contributed by atoms with E-state index in [9.17, 15) is 9.90 Å². The topological polar surface area (TPSA) is 37.3 Å². The van der Waals surface area contributed by atoms with Gasteiger partial charge in [0.2, 0.25) is 0 Å². The van der Waals surface area contributed by atoms with E-state index < -0.39 is 5.97 Å². The highest BCUT2D eigenvalue weighted by Crippen LogP contribution is 2.71. The lowest BCUT2D eigenvalue weighted by Crippen LogP contribution is -2.48. The van der Waals surface area contributed by atoms with Crippen LogP contribution in [-0.4, -0.2) is 11.1 Å². The van der Waals surface area contributed by atoms with Gasteiger partial charge in [-0.15, -0.1) is 0 Å². The van der Waals surface area contributed by atoms with Gasteiger partial charge < -0.3 is 5.11 Å². The summed E-state index contributed by atoms with van der Waals surface area (Å²) in [7, 11) is 0. The summed E-state index contributed by atoms with van der Waals surface area (Å²) < 4.78 is 0. The number of allylic oxidation sites excluding steroid dienone is 4. The van der Waals surface area contributed by atoms with Crippen LogP contribution in [0.2, 0.25) is 0 Å². The minimum atomic E-state index is -0.645. The highest BCUT2D eigenvalue weighted by Gasteiger charge is 2.61. The van der Waals surface area contributed by atoms with E-state index in [2.05, 4.69) is 47.6 Å². The van der Waals surface area contributed by atoms with E-state index in [-0.39, 0.29) is 5.92 Å². The van der Waals surface area contributed by atoms with Crippen molar-refractivity contribution in [3.05, 3.63) is 22.8 Å². The molecule has 2 nitrogen and oxygen atoms in total. The molecule has 0 aromatic carbocycles. The molecule has 2 heteroatoms. The van der Waals surface area contributed by atoms with E-state index in [1.54, 1.807) is 5.57 Å². The Morgan fingerprint density at radius 3 is 2.44 bits per heavy atom. The van der Waals surface area contributed by atoms with Gasteiger partial charge >= 0.3 is 5.97 Å². The standard InChI is InChI=1S/C30H48O2/c1-20(10-8-11-21(2)26(31)32)22-14-18-30(7)24-12-13-25-27(3,4)16-9-17-28(25,5)23(24)15-19-29(22,30)6/h13,20-22H,8-12,14-19H2,1-7H3,(H,31,32)/t20-,21?,22-,28-,29-,30+/m1/s1. The molecule has 0 saturated heterocycles. The highest BCUT2D eigenvalue weighted by molar-refractivity contribution is 5.69. The fourth-order valence-electron chi connectivity index (χ4n) is 9.14. The number of carboxylic acid groups (broad SMARTS) is 1. The van der Waals surface area contributed by atoms with Crippen LogP contribution < -0.4 is 0 Å². The van der Waals surface area contributed by atoms with Crippen molar-refractivity contribution < 1.29 is 9.90 Å². The molecule has 4 aliphatic rings. The number of fused-ring (bicyclic) bond motifs is 4. The maximum Gasteiger partial charge on any atom is 0.306 e. The van der Waals surface area contributed by atoms with Crippen molar-refractivity contribution in [2.24, 2.45) is 39.4 Å². The molecule has 6 atom stereocenters. The molecular weight excluding hydrogens is 392 g/mol. The van der Waals surface area contributed by atoms with Crippen molar-refractivity contribution in [3.8, 4) is 0 Å². The van der Waals surface area contributed by atoms with Crippen molar-refractivity contribution in [2.75, 3.05) is 0 Å². The summed E-state index contributed by atoms with van der Waals surface area (Å²) in [6.45, 7) is 17.1. The van der Waals surface area contributed by atoms with Crippen LogP contribution in [0.25, 0.3) is 0 Å². The van der Waals surface area contributed by atoms with Crippen molar-refractivity contribution in [1.82, 2.24) is 0 Å². The van der Waals surface area contributed by atoms with E-state index in [1.165, 1.54) is 57.8 Å². The van der Waals surface area contributed by atoms with Gasteiger partial charge in [0.1, 0.15) is 0 Å². The average molecular weight is 441 g/mol. The summed E-state index contributed by atoms with van der Waals surface area (Å²) in [4.78, 5) is 11.2. The number of rotatable bonds is 6. The van der Waals surface area contributed by atoms with Gasteiger partial charge in [0.05, 0.1) is 5.92 Å². The minimum Gasteiger partial charge on any atom is -0.481 e. The number of carbonyl (C=O) groups is 1. The molecular formula is C30H48O2. The van der Waals surface area contributed by atoms with Gasteiger partial charge in [0.15, 0.2) is 0 Å². The van der Waals surface area contributed by atoms with Gasteiger partial charge in [0, 0.05) is 5.41 Å². The molecule has 0 radical (unpaired) electrons. The second-order valence-electron chi connectivity index (χ2n) is 13.4. The maximum atomic E-state index is 11.2. The van der Waals surface area contributed by atoms with Gasteiger partial charge in [-0.2, -0.15) is 0 Å². The van der Waals surface area contributed by atoms with Crippen LogP contribution in [0.4, 0.5) is 0 Å². The summed E-state index contributed by atoms with van der Waals surface area (Å²) >= 11 is 0. The normalized spacial score (nSPS) is 40.1. The molecule has 0 heterocycles. The summed E-state index contributed by atoms with van der Waals surface area (Å²) in [5, 5.41) is 9.22. The van der Waals surface area contributed by atoms with E-state index in [1.807, 2.05) is 18.1 Å². The number of carboxylic acids is 1. The molecule has 0 aromatic heterocycles. The van der Waals surface area contributed by atoms with Crippen molar-refractivity contribution >= 4 is 5.97 Å². The predicted octanol–water partition coefficient (Wildman–Crippen LogP) is 8.57. The van der Waals surface area contributed by atoms with Crippen LogP contribution in [0, 0.1) is 39.4 Å². The molecule has 2 saturated carbocycles. The number of aliphatic carboxylic acids is 1.